The monoisotopic (exact) mass is 414 g/mol. The van der Waals surface area contributed by atoms with Crippen LogP contribution in [0.1, 0.15) is 0 Å². The van der Waals surface area contributed by atoms with Gasteiger partial charge in [0.1, 0.15) is 43.2 Å². The van der Waals surface area contributed by atoms with Crippen molar-refractivity contribution >= 4 is 11.9 Å². The quantitative estimate of drug-likeness (QED) is 0.149. The third-order valence-corrected chi connectivity index (χ3v) is 3.88. The number of hydrogen-bond acceptors (Lipinski definition) is 14. The first kappa shape index (κ1) is 24.0. The summed E-state index contributed by atoms with van der Waals surface area (Å²) < 4.78 is 8.83. The number of aliphatic hydroxyl groups excluding tert-OH is 10. The standard InChI is InChI=1S/C14H22O14/c15-1-3(16)5(18)6(19)7(20)8(21)10(23)13(25)27-2-4(17)12-9(22)11(24)14(26)28-12/h3-8,10,12,15-24H,1-2H2/t3?,4-,5?,6?,7?,8?,10?,12+/m0/s1. The molecule has 1 rings (SSSR count). The van der Waals surface area contributed by atoms with Crippen LogP contribution in [0.3, 0.4) is 0 Å². The van der Waals surface area contributed by atoms with E-state index in [2.05, 4.69) is 9.47 Å². The Kier molecular flexibility index (Phi) is 8.52. The highest BCUT2D eigenvalue weighted by Gasteiger charge is 2.42. The zero-order valence-electron chi connectivity index (χ0n) is 14.1. The molecule has 6 unspecified atom stereocenters. The summed E-state index contributed by atoms with van der Waals surface area (Å²) in [6, 6.07) is 0. The minimum Gasteiger partial charge on any atom is -0.505 e. The lowest BCUT2D eigenvalue weighted by Gasteiger charge is -2.30. The van der Waals surface area contributed by atoms with Crippen LogP contribution in [0.2, 0.25) is 0 Å². The Morgan fingerprint density at radius 1 is 0.964 bits per heavy atom. The summed E-state index contributed by atoms with van der Waals surface area (Å²) in [6.07, 6.45) is -17.2. The summed E-state index contributed by atoms with van der Waals surface area (Å²) in [5, 5.41) is 94.0. The number of aliphatic hydroxyl groups is 10. The third kappa shape index (κ3) is 5.27. The minimum atomic E-state index is -2.49. The summed E-state index contributed by atoms with van der Waals surface area (Å²) in [5.74, 6) is -5.10. The van der Waals surface area contributed by atoms with Gasteiger partial charge in [-0.3, -0.25) is 0 Å². The van der Waals surface area contributed by atoms with Crippen molar-refractivity contribution in [1.82, 2.24) is 0 Å². The summed E-state index contributed by atoms with van der Waals surface area (Å²) in [7, 11) is 0. The fraction of sp³-hybridized carbons (Fsp3) is 0.714. The average Bonchev–Trinajstić information content (AvgIpc) is 2.95. The summed E-state index contributed by atoms with van der Waals surface area (Å²) in [4.78, 5) is 22.7. The molecule has 0 aromatic rings. The molecule has 10 N–H and O–H groups in total. The first-order valence-electron chi connectivity index (χ1n) is 7.81. The van der Waals surface area contributed by atoms with Crippen LogP contribution in [0.5, 0.6) is 0 Å². The van der Waals surface area contributed by atoms with Crippen LogP contribution in [0.25, 0.3) is 0 Å². The molecule has 0 aliphatic carbocycles. The molecule has 0 saturated heterocycles. The first-order chi connectivity index (χ1) is 12.9. The molecule has 0 aromatic heterocycles. The number of hydrogen-bond donors (Lipinski definition) is 10. The van der Waals surface area contributed by atoms with E-state index in [-0.39, 0.29) is 0 Å². The van der Waals surface area contributed by atoms with Crippen molar-refractivity contribution in [1.29, 1.82) is 0 Å². The van der Waals surface area contributed by atoms with E-state index in [0.717, 1.165) is 0 Å². The van der Waals surface area contributed by atoms with Crippen molar-refractivity contribution in [2.75, 3.05) is 13.2 Å². The Hall–Kier alpha value is -2.04. The molecule has 0 radical (unpaired) electrons. The first-order valence-corrected chi connectivity index (χ1v) is 7.81. The second-order valence-electron chi connectivity index (χ2n) is 5.91. The van der Waals surface area contributed by atoms with Gasteiger partial charge in [-0.2, -0.15) is 0 Å². The van der Waals surface area contributed by atoms with Gasteiger partial charge in [0.2, 0.25) is 5.76 Å². The molecule has 14 heteroatoms. The molecule has 162 valence electrons. The molecule has 0 saturated carbocycles. The number of rotatable bonds is 10. The van der Waals surface area contributed by atoms with E-state index in [9.17, 15) is 50.4 Å². The van der Waals surface area contributed by atoms with Gasteiger partial charge in [-0.15, -0.1) is 0 Å². The zero-order chi connectivity index (χ0) is 21.8. The molecule has 0 fully saturated rings. The van der Waals surface area contributed by atoms with Gasteiger partial charge in [0.25, 0.3) is 0 Å². The van der Waals surface area contributed by atoms with Crippen molar-refractivity contribution in [2.24, 2.45) is 0 Å². The molecule has 14 nitrogen and oxygen atoms in total. The van der Waals surface area contributed by atoms with Crippen LogP contribution in [0, 0.1) is 0 Å². The number of esters is 2. The summed E-state index contributed by atoms with van der Waals surface area (Å²) in [6.45, 7) is -1.98. The predicted octanol–water partition coefficient (Wildman–Crippen LogP) is -5.70. The van der Waals surface area contributed by atoms with E-state index in [0.29, 0.717) is 0 Å². The predicted molar refractivity (Wildman–Crippen MR) is 82.3 cm³/mol. The van der Waals surface area contributed by atoms with E-state index in [1.54, 1.807) is 0 Å². The lowest BCUT2D eigenvalue weighted by Crippen LogP contribution is -2.54. The van der Waals surface area contributed by atoms with E-state index in [1.807, 2.05) is 0 Å². The molecule has 0 aromatic carbocycles. The van der Waals surface area contributed by atoms with Gasteiger partial charge in [-0.25, -0.2) is 9.59 Å². The molecule has 1 aliphatic heterocycles. The van der Waals surface area contributed by atoms with Gasteiger partial charge in [0.15, 0.2) is 18.0 Å². The molecule has 1 aliphatic rings. The third-order valence-electron chi connectivity index (χ3n) is 3.88. The maximum Gasteiger partial charge on any atom is 0.377 e. The SMILES string of the molecule is O=C1O[C@H]([C@@H](O)COC(=O)C(O)C(O)C(O)C(O)C(O)C(O)CO)C(O)=C1O. The van der Waals surface area contributed by atoms with Crippen LogP contribution < -0.4 is 0 Å². The van der Waals surface area contributed by atoms with Gasteiger partial charge in [0, 0.05) is 0 Å². The molecular weight excluding hydrogens is 392 g/mol. The number of carbonyl (C=O) groups excluding carboxylic acids is 2. The molecule has 28 heavy (non-hydrogen) atoms. The Labute approximate surface area is 156 Å². The molecule has 0 spiro atoms. The maximum absolute atomic E-state index is 11.7. The smallest absolute Gasteiger partial charge is 0.377 e. The van der Waals surface area contributed by atoms with Crippen molar-refractivity contribution in [3.63, 3.8) is 0 Å². The molecule has 1 heterocycles. The molecule has 0 bridgehead atoms. The maximum atomic E-state index is 11.7. The zero-order valence-corrected chi connectivity index (χ0v) is 14.1. The highest BCUT2D eigenvalue weighted by molar-refractivity contribution is 5.89. The van der Waals surface area contributed by atoms with Gasteiger partial charge >= 0.3 is 11.9 Å². The minimum absolute atomic E-state index is 0.984. The highest BCUT2D eigenvalue weighted by Crippen LogP contribution is 2.21. The van der Waals surface area contributed by atoms with Crippen molar-refractivity contribution in [3.05, 3.63) is 11.5 Å². The molecule has 0 amide bonds. The van der Waals surface area contributed by atoms with E-state index in [1.165, 1.54) is 0 Å². The summed E-state index contributed by atoms with van der Waals surface area (Å²) >= 11 is 0. The Morgan fingerprint density at radius 3 is 1.96 bits per heavy atom. The fourth-order valence-electron chi connectivity index (χ4n) is 2.13. The van der Waals surface area contributed by atoms with Crippen LogP contribution in [-0.4, -0.2) is 125 Å². The largest absolute Gasteiger partial charge is 0.505 e. The van der Waals surface area contributed by atoms with Gasteiger partial charge < -0.3 is 60.5 Å². The number of cyclic esters (lactones) is 1. The van der Waals surface area contributed by atoms with Crippen molar-refractivity contribution in [3.8, 4) is 0 Å². The van der Waals surface area contributed by atoms with E-state index < -0.39 is 85.5 Å². The molecular formula is C14H22O14. The van der Waals surface area contributed by atoms with Gasteiger partial charge in [-0.1, -0.05) is 0 Å². The van der Waals surface area contributed by atoms with Crippen LogP contribution >= 0.6 is 0 Å². The number of ether oxygens (including phenoxy) is 2. The Balaban J connectivity index is 2.61. The van der Waals surface area contributed by atoms with Gasteiger partial charge in [0.05, 0.1) is 6.61 Å². The normalized spacial score (nSPS) is 24.7. The lowest BCUT2D eigenvalue weighted by atomic mass is 9.96. The lowest BCUT2D eigenvalue weighted by molar-refractivity contribution is -0.182. The van der Waals surface area contributed by atoms with E-state index >= 15 is 0 Å². The molecule has 8 atom stereocenters. The topological polar surface area (TPSA) is 255 Å². The second kappa shape index (κ2) is 9.94. The summed E-state index contributed by atoms with van der Waals surface area (Å²) in [5.41, 5.74) is 0. The Bertz CT molecular complexity index is 591. The van der Waals surface area contributed by atoms with Crippen LogP contribution in [-0.2, 0) is 19.1 Å². The number of carbonyl (C=O) groups is 2. The van der Waals surface area contributed by atoms with E-state index in [4.69, 9.17) is 10.2 Å². The van der Waals surface area contributed by atoms with Crippen LogP contribution in [0.15, 0.2) is 11.5 Å². The van der Waals surface area contributed by atoms with Gasteiger partial charge in [-0.05, 0) is 0 Å². The second-order valence-corrected chi connectivity index (χ2v) is 5.91. The van der Waals surface area contributed by atoms with Crippen molar-refractivity contribution < 1.29 is 70.1 Å². The Morgan fingerprint density at radius 2 is 1.50 bits per heavy atom. The average molecular weight is 414 g/mol. The van der Waals surface area contributed by atoms with Crippen LogP contribution in [0.4, 0.5) is 0 Å². The van der Waals surface area contributed by atoms with Crippen molar-refractivity contribution in [2.45, 2.75) is 48.8 Å². The highest BCUT2D eigenvalue weighted by atomic mass is 16.6. The fourth-order valence-corrected chi connectivity index (χ4v) is 2.13.